The maximum atomic E-state index is 9.55. The van der Waals surface area contributed by atoms with Crippen molar-refractivity contribution in [3.8, 4) is 0 Å². The Morgan fingerprint density at radius 3 is 2.22 bits per heavy atom. The van der Waals surface area contributed by atoms with E-state index < -0.39 is 0 Å². The first-order valence-corrected chi connectivity index (χ1v) is 6.69. The molecule has 18 heavy (non-hydrogen) atoms. The highest BCUT2D eigenvalue weighted by Crippen LogP contribution is 2.28. The van der Waals surface area contributed by atoms with Crippen molar-refractivity contribution in [2.24, 2.45) is 5.41 Å². The van der Waals surface area contributed by atoms with Crippen molar-refractivity contribution in [3.05, 3.63) is 23.3 Å². The molecule has 3 heteroatoms. The van der Waals surface area contributed by atoms with Crippen molar-refractivity contribution >= 4 is 11.4 Å². The summed E-state index contributed by atoms with van der Waals surface area (Å²) in [4.78, 5) is 0. The lowest BCUT2D eigenvalue weighted by Crippen LogP contribution is -2.32. The Hall–Kier alpha value is -1.22. The zero-order valence-corrected chi connectivity index (χ0v) is 12.0. The first kappa shape index (κ1) is 14.8. The van der Waals surface area contributed by atoms with Crippen LogP contribution in [-0.2, 0) is 0 Å². The van der Waals surface area contributed by atoms with Crippen LogP contribution < -0.4 is 11.1 Å². The molecule has 1 aromatic rings. The van der Waals surface area contributed by atoms with E-state index in [1.807, 2.05) is 6.07 Å². The Morgan fingerprint density at radius 1 is 1.17 bits per heavy atom. The normalized spacial score (nSPS) is 11.6. The van der Waals surface area contributed by atoms with Gasteiger partial charge in [0.05, 0.1) is 18.0 Å². The van der Waals surface area contributed by atoms with Gasteiger partial charge in [0.25, 0.3) is 0 Å². The summed E-state index contributed by atoms with van der Waals surface area (Å²) in [6, 6.07) is 4.08. The van der Waals surface area contributed by atoms with E-state index in [4.69, 9.17) is 5.73 Å². The molecule has 1 rings (SSSR count). The summed E-state index contributed by atoms with van der Waals surface area (Å²) in [5.74, 6) is 0. The zero-order valence-electron chi connectivity index (χ0n) is 12.0. The molecule has 0 fully saturated rings. The van der Waals surface area contributed by atoms with Crippen LogP contribution in [0.25, 0.3) is 0 Å². The van der Waals surface area contributed by atoms with Crippen molar-refractivity contribution in [2.45, 2.75) is 40.5 Å². The molecule has 0 aliphatic rings. The van der Waals surface area contributed by atoms with Crippen LogP contribution in [0.15, 0.2) is 12.1 Å². The van der Waals surface area contributed by atoms with Gasteiger partial charge < -0.3 is 16.2 Å². The number of rotatable bonds is 6. The van der Waals surface area contributed by atoms with Crippen LogP contribution in [0, 0.1) is 19.3 Å². The van der Waals surface area contributed by atoms with Crippen LogP contribution in [0.2, 0.25) is 0 Å². The third-order valence-corrected chi connectivity index (χ3v) is 4.16. The number of aryl methyl sites for hydroxylation is 2. The molecule has 0 heterocycles. The minimum Gasteiger partial charge on any atom is -0.397 e. The summed E-state index contributed by atoms with van der Waals surface area (Å²) in [5.41, 5.74) is 10.2. The fourth-order valence-corrected chi connectivity index (χ4v) is 2.05. The van der Waals surface area contributed by atoms with E-state index in [2.05, 4.69) is 39.1 Å². The summed E-state index contributed by atoms with van der Waals surface area (Å²) in [7, 11) is 0. The molecular formula is C15H26N2O. The predicted octanol–water partition coefficient (Wildman–Crippen LogP) is 3.10. The molecule has 0 radical (unpaired) electrons. The number of aliphatic hydroxyl groups excluding tert-OH is 1. The average Bonchev–Trinajstić information content (AvgIpc) is 2.37. The molecular weight excluding hydrogens is 224 g/mol. The molecule has 0 spiro atoms. The van der Waals surface area contributed by atoms with Crippen LogP contribution in [0.3, 0.4) is 0 Å². The van der Waals surface area contributed by atoms with E-state index in [0.29, 0.717) is 0 Å². The summed E-state index contributed by atoms with van der Waals surface area (Å²) in [6.45, 7) is 9.34. The molecule has 1 aromatic carbocycles. The number of benzene rings is 1. The van der Waals surface area contributed by atoms with Gasteiger partial charge >= 0.3 is 0 Å². The first-order chi connectivity index (χ1) is 8.48. The molecule has 0 aromatic heterocycles. The Balaban J connectivity index is 2.83. The lowest BCUT2D eigenvalue weighted by Gasteiger charge is -2.30. The van der Waals surface area contributed by atoms with Crippen molar-refractivity contribution < 1.29 is 5.11 Å². The molecule has 0 saturated carbocycles. The van der Waals surface area contributed by atoms with Crippen LogP contribution >= 0.6 is 0 Å². The molecule has 3 nitrogen and oxygen atoms in total. The summed E-state index contributed by atoms with van der Waals surface area (Å²) < 4.78 is 0. The second-order valence-electron chi connectivity index (χ2n) is 5.24. The van der Waals surface area contributed by atoms with E-state index in [-0.39, 0.29) is 12.0 Å². The van der Waals surface area contributed by atoms with Crippen molar-refractivity contribution in [3.63, 3.8) is 0 Å². The SMILES string of the molecule is CCC(CC)(CO)CNc1cc(C)c(C)cc1N. The zero-order chi connectivity index (χ0) is 13.8. The third kappa shape index (κ3) is 3.16. The Morgan fingerprint density at radius 2 is 1.72 bits per heavy atom. The highest BCUT2D eigenvalue weighted by atomic mass is 16.3. The standard InChI is InChI=1S/C15H26N2O/c1-5-15(6-2,10-18)9-17-14-8-12(4)11(3)7-13(14)16/h7-8,17-18H,5-6,9-10,16H2,1-4H3. The number of nitrogens with one attached hydrogen (secondary N) is 1. The molecule has 0 bridgehead atoms. The highest BCUT2D eigenvalue weighted by Gasteiger charge is 2.25. The number of nitrogen functional groups attached to an aromatic ring is 1. The van der Waals surface area contributed by atoms with Crippen LogP contribution in [0.1, 0.15) is 37.8 Å². The molecule has 102 valence electrons. The van der Waals surface area contributed by atoms with Gasteiger partial charge in [-0.15, -0.1) is 0 Å². The number of aliphatic hydroxyl groups is 1. The van der Waals surface area contributed by atoms with Crippen molar-refractivity contribution in [1.29, 1.82) is 0 Å². The lowest BCUT2D eigenvalue weighted by atomic mass is 9.83. The smallest absolute Gasteiger partial charge is 0.0576 e. The van der Waals surface area contributed by atoms with Gasteiger partial charge in [-0.3, -0.25) is 0 Å². The molecule has 0 aliphatic carbocycles. The van der Waals surface area contributed by atoms with Crippen molar-refractivity contribution in [2.75, 3.05) is 24.2 Å². The minimum absolute atomic E-state index is 0.0504. The second kappa shape index (κ2) is 6.10. The average molecular weight is 250 g/mol. The predicted molar refractivity (Wildman–Crippen MR) is 78.9 cm³/mol. The molecule has 0 saturated heterocycles. The van der Waals surface area contributed by atoms with Gasteiger partial charge in [-0.25, -0.2) is 0 Å². The number of nitrogens with two attached hydrogens (primary N) is 1. The fourth-order valence-electron chi connectivity index (χ4n) is 2.05. The number of hydrogen-bond acceptors (Lipinski definition) is 3. The quantitative estimate of drug-likeness (QED) is 0.680. The van der Waals surface area contributed by atoms with Gasteiger partial charge in [-0.05, 0) is 49.9 Å². The van der Waals surface area contributed by atoms with Gasteiger partial charge in [0.2, 0.25) is 0 Å². The van der Waals surface area contributed by atoms with Crippen LogP contribution in [0.5, 0.6) is 0 Å². The van der Waals surface area contributed by atoms with E-state index >= 15 is 0 Å². The maximum absolute atomic E-state index is 9.55. The maximum Gasteiger partial charge on any atom is 0.0576 e. The lowest BCUT2D eigenvalue weighted by molar-refractivity contribution is 0.127. The monoisotopic (exact) mass is 250 g/mol. The first-order valence-electron chi connectivity index (χ1n) is 6.69. The van der Waals surface area contributed by atoms with Crippen LogP contribution in [0.4, 0.5) is 11.4 Å². The van der Waals surface area contributed by atoms with Gasteiger partial charge in [0.1, 0.15) is 0 Å². The number of anilines is 2. The van der Waals surface area contributed by atoms with E-state index in [1.54, 1.807) is 0 Å². The third-order valence-electron chi connectivity index (χ3n) is 4.16. The molecule has 0 amide bonds. The van der Waals surface area contributed by atoms with E-state index in [9.17, 15) is 5.11 Å². The summed E-state index contributed by atoms with van der Waals surface area (Å²) in [5, 5.41) is 12.9. The highest BCUT2D eigenvalue weighted by molar-refractivity contribution is 5.68. The van der Waals surface area contributed by atoms with Gasteiger partial charge in [-0.1, -0.05) is 13.8 Å². The van der Waals surface area contributed by atoms with Gasteiger partial charge in [-0.2, -0.15) is 0 Å². The largest absolute Gasteiger partial charge is 0.397 e. The topological polar surface area (TPSA) is 58.3 Å². The fraction of sp³-hybridized carbons (Fsp3) is 0.600. The van der Waals surface area contributed by atoms with Crippen LogP contribution in [-0.4, -0.2) is 18.3 Å². The van der Waals surface area contributed by atoms with Crippen molar-refractivity contribution in [1.82, 2.24) is 0 Å². The second-order valence-corrected chi connectivity index (χ2v) is 5.24. The van der Waals surface area contributed by atoms with Gasteiger partial charge in [0, 0.05) is 12.0 Å². The summed E-state index contributed by atoms with van der Waals surface area (Å²) >= 11 is 0. The molecule has 0 unspecified atom stereocenters. The minimum atomic E-state index is -0.0504. The summed E-state index contributed by atoms with van der Waals surface area (Å²) in [6.07, 6.45) is 1.91. The Labute approximate surface area is 110 Å². The number of hydrogen-bond donors (Lipinski definition) is 3. The Kier molecular flexibility index (Phi) is 5.03. The van der Waals surface area contributed by atoms with E-state index in [1.165, 1.54) is 11.1 Å². The molecule has 0 atom stereocenters. The van der Waals surface area contributed by atoms with E-state index in [0.717, 1.165) is 30.8 Å². The van der Waals surface area contributed by atoms with Gasteiger partial charge in [0.15, 0.2) is 0 Å². The molecule has 0 aliphatic heterocycles. The Bertz CT molecular complexity index is 389. The molecule has 4 N–H and O–H groups in total.